The molecule has 0 N–H and O–H groups in total. The molecule has 0 saturated heterocycles. The molecule has 0 bridgehead atoms. The molecule has 24 heavy (non-hydrogen) atoms. The molecule has 2 aliphatic rings. The Bertz CT molecular complexity index is 806. The van der Waals surface area contributed by atoms with Crippen molar-refractivity contribution in [3.8, 4) is 0 Å². The number of hydrogen-bond acceptors (Lipinski definition) is 4. The van der Waals surface area contributed by atoms with E-state index in [1.54, 1.807) is 4.68 Å². The summed E-state index contributed by atoms with van der Waals surface area (Å²) in [6.07, 6.45) is 2.67. The normalized spacial score (nSPS) is 23.1. The third-order valence-electron chi connectivity index (χ3n) is 5.08. The predicted octanol–water partition coefficient (Wildman–Crippen LogP) is 1.60. The average molecular weight is 329 g/mol. The molecule has 2 atom stereocenters. The van der Waals surface area contributed by atoms with Crippen LogP contribution in [0.1, 0.15) is 53.2 Å². The summed E-state index contributed by atoms with van der Waals surface area (Å²) in [6, 6.07) is 0. The van der Waals surface area contributed by atoms with E-state index in [-0.39, 0.29) is 18.1 Å². The van der Waals surface area contributed by atoms with Gasteiger partial charge >= 0.3 is 0 Å². The maximum Gasteiger partial charge on any atom is 0.275 e. The Labute approximate surface area is 141 Å². The van der Waals surface area contributed by atoms with E-state index in [1.807, 2.05) is 38.9 Å². The Morgan fingerprint density at radius 1 is 1.33 bits per heavy atom. The van der Waals surface area contributed by atoms with Gasteiger partial charge < -0.3 is 14.2 Å². The molecular weight excluding hydrogens is 306 g/mol. The number of carbonyl (C=O) groups is 1. The van der Waals surface area contributed by atoms with Gasteiger partial charge in [0.05, 0.1) is 36.3 Å². The fourth-order valence-electron chi connectivity index (χ4n) is 3.98. The number of carbonyl (C=O) groups excluding carboxylic acids is 1. The molecule has 1 amide bonds. The smallest absolute Gasteiger partial charge is 0.275 e. The zero-order chi connectivity index (χ0) is 17.0. The van der Waals surface area contributed by atoms with Gasteiger partial charge in [0.15, 0.2) is 5.69 Å². The van der Waals surface area contributed by atoms with E-state index >= 15 is 0 Å². The van der Waals surface area contributed by atoms with Crippen molar-refractivity contribution in [1.29, 1.82) is 0 Å². The second-order valence-corrected chi connectivity index (χ2v) is 6.80. The Kier molecular flexibility index (Phi) is 3.49. The molecule has 0 spiro atoms. The molecule has 0 radical (unpaired) electrons. The van der Waals surface area contributed by atoms with Crippen molar-refractivity contribution in [1.82, 2.24) is 24.2 Å². The summed E-state index contributed by atoms with van der Waals surface area (Å²) in [5.74, 6) is 1.02. The first-order valence-corrected chi connectivity index (χ1v) is 8.47. The van der Waals surface area contributed by atoms with Gasteiger partial charge in [-0.3, -0.25) is 9.48 Å². The van der Waals surface area contributed by atoms with E-state index < -0.39 is 0 Å². The summed E-state index contributed by atoms with van der Waals surface area (Å²) in [6.45, 7) is 8.13. The van der Waals surface area contributed by atoms with E-state index in [4.69, 9.17) is 4.74 Å². The number of imidazole rings is 1. The first kappa shape index (κ1) is 15.4. The number of nitrogens with zero attached hydrogens (tertiary/aromatic N) is 5. The molecule has 2 aromatic heterocycles. The molecule has 0 unspecified atom stereocenters. The van der Waals surface area contributed by atoms with Crippen molar-refractivity contribution in [2.24, 2.45) is 7.05 Å². The minimum Gasteiger partial charge on any atom is -0.369 e. The van der Waals surface area contributed by atoms with Crippen molar-refractivity contribution in [2.75, 3.05) is 6.54 Å². The van der Waals surface area contributed by atoms with Gasteiger partial charge in [-0.05, 0) is 20.8 Å². The van der Waals surface area contributed by atoms with Gasteiger partial charge in [-0.25, -0.2) is 4.98 Å². The van der Waals surface area contributed by atoms with Crippen LogP contribution in [0.25, 0.3) is 0 Å². The van der Waals surface area contributed by atoms with Crippen LogP contribution < -0.4 is 0 Å². The van der Waals surface area contributed by atoms with Crippen LogP contribution >= 0.6 is 0 Å². The molecule has 0 aromatic carbocycles. The summed E-state index contributed by atoms with van der Waals surface area (Å²) >= 11 is 0. The lowest BCUT2D eigenvalue weighted by atomic mass is 9.99. The number of amides is 1. The minimum absolute atomic E-state index is 0.0123. The number of ether oxygens (including phenoxy) is 1. The average Bonchev–Trinajstić information content (AvgIpc) is 3.07. The Morgan fingerprint density at radius 3 is 2.92 bits per heavy atom. The summed E-state index contributed by atoms with van der Waals surface area (Å²) < 4.78 is 9.86. The van der Waals surface area contributed by atoms with E-state index in [0.717, 1.165) is 35.7 Å². The Balaban J connectivity index is 1.66. The van der Waals surface area contributed by atoms with E-state index in [2.05, 4.69) is 14.6 Å². The summed E-state index contributed by atoms with van der Waals surface area (Å²) in [7, 11) is 1.89. The van der Waals surface area contributed by atoms with Gasteiger partial charge in [0.2, 0.25) is 0 Å². The fourth-order valence-corrected chi connectivity index (χ4v) is 3.98. The molecule has 2 aromatic rings. The highest BCUT2D eigenvalue weighted by molar-refractivity contribution is 5.94. The minimum atomic E-state index is -0.0340. The van der Waals surface area contributed by atoms with Crippen LogP contribution in [-0.2, 0) is 31.3 Å². The third-order valence-corrected chi connectivity index (χ3v) is 5.08. The molecular formula is C17H23N5O2. The molecule has 2 aliphatic heterocycles. The monoisotopic (exact) mass is 329 g/mol. The van der Waals surface area contributed by atoms with Crippen molar-refractivity contribution < 1.29 is 9.53 Å². The highest BCUT2D eigenvalue weighted by Gasteiger charge is 2.34. The van der Waals surface area contributed by atoms with Gasteiger partial charge in [-0.1, -0.05) is 0 Å². The molecule has 0 fully saturated rings. The quantitative estimate of drug-likeness (QED) is 0.797. The number of rotatable bonds is 1. The number of aryl methyl sites for hydroxylation is 2. The molecule has 4 heterocycles. The van der Waals surface area contributed by atoms with Gasteiger partial charge in [0, 0.05) is 32.1 Å². The molecule has 0 aliphatic carbocycles. The van der Waals surface area contributed by atoms with E-state index in [9.17, 15) is 4.79 Å². The largest absolute Gasteiger partial charge is 0.369 e. The maximum absolute atomic E-state index is 13.1. The summed E-state index contributed by atoms with van der Waals surface area (Å²) in [5, 5.41) is 4.54. The zero-order valence-electron chi connectivity index (χ0n) is 14.6. The van der Waals surface area contributed by atoms with Gasteiger partial charge in [-0.15, -0.1) is 0 Å². The van der Waals surface area contributed by atoms with Crippen molar-refractivity contribution >= 4 is 5.91 Å². The van der Waals surface area contributed by atoms with E-state index in [0.29, 0.717) is 18.8 Å². The second kappa shape index (κ2) is 5.44. The van der Waals surface area contributed by atoms with Crippen LogP contribution in [0.5, 0.6) is 0 Å². The summed E-state index contributed by atoms with van der Waals surface area (Å²) in [4.78, 5) is 19.3. The lowest BCUT2D eigenvalue weighted by molar-refractivity contribution is -0.00907. The topological polar surface area (TPSA) is 65.2 Å². The van der Waals surface area contributed by atoms with Gasteiger partial charge in [0.25, 0.3) is 5.91 Å². The summed E-state index contributed by atoms with van der Waals surface area (Å²) in [5.41, 5.74) is 3.74. The van der Waals surface area contributed by atoms with Crippen LogP contribution in [0.4, 0.5) is 0 Å². The molecule has 7 nitrogen and oxygen atoms in total. The first-order valence-electron chi connectivity index (χ1n) is 8.47. The van der Waals surface area contributed by atoms with E-state index in [1.165, 1.54) is 0 Å². The Hall–Kier alpha value is -2.15. The van der Waals surface area contributed by atoms with Crippen molar-refractivity contribution in [2.45, 2.75) is 52.5 Å². The van der Waals surface area contributed by atoms with Crippen LogP contribution in [0.2, 0.25) is 0 Å². The van der Waals surface area contributed by atoms with Crippen LogP contribution in [0.15, 0.2) is 6.20 Å². The number of aromatic nitrogens is 4. The third kappa shape index (κ3) is 2.26. The fraction of sp³-hybridized carbons (Fsp3) is 0.588. The van der Waals surface area contributed by atoms with Crippen LogP contribution in [0.3, 0.4) is 0 Å². The van der Waals surface area contributed by atoms with Crippen LogP contribution in [0, 0.1) is 6.92 Å². The Morgan fingerprint density at radius 2 is 2.12 bits per heavy atom. The molecule has 4 rings (SSSR count). The highest BCUT2D eigenvalue weighted by atomic mass is 16.5. The van der Waals surface area contributed by atoms with Crippen molar-refractivity contribution in [3.05, 3.63) is 34.7 Å². The second-order valence-electron chi connectivity index (χ2n) is 6.80. The molecule has 0 saturated carbocycles. The molecule has 7 heteroatoms. The standard InChI is InChI=1S/C17H23N5O2/c1-10-7-14-15(19-20(4)16(14)11(2)24-10)17(23)21-5-6-22-12(3)18-8-13(22)9-21/h8,10-11H,5-7,9H2,1-4H3/t10-,11+/m1/s1. The van der Waals surface area contributed by atoms with Gasteiger partial charge in [0.1, 0.15) is 5.82 Å². The zero-order valence-corrected chi connectivity index (χ0v) is 14.6. The van der Waals surface area contributed by atoms with Gasteiger partial charge in [-0.2, -0.15) is 5.10 Å². The first-order chi connectivity index (χ1) is 11.5. The SMILES string of the molecule is Cc1ncc2n1CCN(C(=O)c1nn(C)c3c1C[C@@H](C)O[C@H]3C)C2. The van der Waals surface area contributed by atoms with Crippen LogP contribution in [-0.4, -0.2) is 42.8 Å². The number of hydrogen-bond donors (Lipinski definition) is 0. The molecule has 128 valence electrons. The highest BCUT2D eigenvalue weighted by Crippen LogP contribution is 2.32. The lowest BCUT2D eigenvalue weighted by Gasteiger charge is -2.29. The number of fused-ring (bicyclic) bond motifs is 2. The maximum atomic E-state index is 13.1. The predicted molar refractivity (Wildman–Crippen MR) is 87.6 cm³/mol. The van der Waals surface area contributed by atoms with Crippen molar-refractivity contribution in [3.63, 3.8) is 0 Å². The lowest BCUT2D eigenvalue weighted by Crippen LogP contribution is -2.39.